The minimum Gasteiger partial charge on any atom is -0.488 e. The lowest BCUT2D eigenvalue weighted by Crippen LogP contribution is -2.63. The molecule has 4 aliphatic rings. The van der Waals surface area contributed by atoms with Crippen LogP contribution in [0.4, 0.5) is 28.4 Å². The van der Waals surface area contributed by atoms with E-state index in [0.717, 1.165) is 87.9 Å². The number of carbonyl (C=O) groups excluding carboxylic acids is 3. The number of esters is 1. The third-order valence-corrected chi connectivity index (χ3v) is 19.6. The van der Waals surface area contributed by atoms with Crippen molar-refractivity contribution in [2.75, 3.05) is 129 Å². The third-order valence-electron chi connectivity index (χ3n) is 15.8. The first kappa shape index (κ1) is 62.2. The van der Waals surface area contributed by atoms with Gasteiger partial charge in [0.25, 0.3) is 5.91 Å². The molecule has 0 radical (unpaired) electrons. The van der Waals surface area contributed by atoms with E-state index in [1.807, 2.05) is 12.1 Å². The number of nitrogens with zero attached hydrogens (tertiary/aromatic N) is 4. The lowest BCUT2D eigenvalue weighted by Gasteiger charge is -2.46. The number of para-hydroxylation sites is 2. The molecule has 4 heterocycles. The number of hydrogen-bond acceptors (Lipinski definition) is 16. The van der Waals surface area contributed by atoms with Gasteiger partial charge >= 0.3 is 29.8 Å². The van der Waals surface area contributed by atoms with Crippen molar-refractivity contribution in [2.45, 2.75) is 50.8 Å². The molecule has 0 bridgehead atoms. The van der Waals surface area contributed by atoms with Gasteiger partial charge in [-0.25, -0.2) is 4.79 Å². The Balaban J connectivity index is 0.908. The van der Waals surface area contributed by atoms with Crippen molar-refractivity contribution in [1.29, 1.82) is 0 Å². The summed E-state index contributed by atoms with van der Waals surface area (Å²) in [4.78, 5) is 95.7. The number of carboxylic acid groups (broad SMARTS) is 4. The number of ether oxygens (including phenoxy) is 5. The van der Waals surface area contributed by atoms with Gasteiger partial charge in [0.05, 0.1) is 42.7 Å². The van der Waals surface area contributed by atoms with Crippen LogP contribution < -0.4 is 50.1 Å². The van der Waals surface area contributed by atoms with Gasteiger partial charge in [0.1, 0.15) is 59.0 Å². The lowest BCUT2D eigenvalue weighted by atomic mass is 9.78. The molecule has 1 unspecified atom stereocenters. The molecule has 1 atom stereocenters. The highest BCUT2D eigenvalue weighted by Gasteiger charge is 2.56. The van der Waals surface area contributed by atoms with E-state index in [-0.39, 0.29) is 60.1 Å². The van der Waals surface area contributed by atoms with E-state index in [2.05, 4.69) is 57.8 Å². The van der Waals surface area contributed by atoms with E-state index in [9.17, 15) is 54.0 Å². The van der Waals surface area contributed by atoms with Gasteiger partial charge in [-0.2, -0.15) is 0 Å². The van der Waals surface area contributed by atoms with Crippen molar-refractivity contribution in [3.63, 3.8) is 0 Å². The largest absolute Gasteiger partial charge is 0.488 e. The molecule has 456 valence electrons. The average Bonchev–Trinajstić information content (AvgIpc) is 1.33. The van der Waals surface area contributed by atoms with Crippen molar-refractivity contribution in [1.82, 2.24) is 5.32 Å². The van der Waals surface area contributed by atoms with E-state index >= 15 is 0 Å². The van der Waals surface area contributed by atoms with Crippen LogP contribution in [0.25, 0.3) is 0 Å². The monoisotopic (exact) mass is 1220 g/mol. The first-order valence-electron chi connectivity index (χ1n) is 28.7. The zero-order valence-corrected chi connectivity index (χ0v) is 49.8. The summed E-state index contributed by atoms with van der Waals surface area (Å²) in [5.41, 5.74) is 4.18. The van der Waals surface area contributed by atoms with E-state index in [4.69, 9.17) is 35.3 Å². The van der Waals surface area contributed by atoms with Gasteiger partial charge in [-0.15, -0.1) is 11.6 Å². The number of nitrogens with one attached hydrogen (secondary N) is 2. The molecule has 5 aromatic rings. The number of unbranched alkanes of at least 4 members (excludes halogenated alkanes) is 3. The normalized spacial score (nSPS) is 16.2. The SMILES string of the molecule is C[Si]1(C)c2cc(N3CCC3)ccc2C2(OC(=O)c3ccc(C(=O)NCCOCCOCCCCCCCl)cc32)c2ccc(N3CC(C(=O)Nc4ccc(N(CC(=O)O)CC(=O)O)c(OCCOc5ccccc5N(CC(=O)O)CC(=O)O)c4)C3)cc21. The van der Waals surface area contributed by atoms with E-state index < -0.39 is 75.6 Å². The van der Waals surface area contributed by atoms with E-state index in [1.54, 1.807) is 30.3 Å². The summed E-state index contributed by atoms with van der Waals surface area (Å²) in [5, 5.41) is 46.4. The summed E-state index contributed by atoms with van der Waals surface area (Å²) < 4.78 is 30.1. The molecule has 1 spiro atoms. The molecular weight excluding hydrogens is 1150 g/mol. The van der Waals surface area contributed by atoms with Crippen molar-refractivity contribution < 1.29 is 77.7 Å². The van der Waals surface area contributed by atoms with Gasteiger partial charge in [-0.3, -0.25) is 28.8 Å². The van der Waals surface area contributed by atoms with Crippen molar-refractivity contribution in [3.05, 3.63) is 125 Å². The van der Waals surface area contributed by atoms with Gasteiger partial charge in [0.2, 0.25) is 5.91 Å². The van der Waals surface area contributed by atoms with E-state index in [0.29, 0.717) is 62.1 Å². The second-order valence-electron chi connectivity index (χ2n) is 22.1. The highest BCUT2D eigenvalue weighted by Crippen LogP contribution is 2.50. The molecule has 9 rings (SSSR count). The number of carboxylic acids is 4. The van der Waals surface area contributed by atoms with Gasteiger partial charge in [-0.05, 0) is 96.4 Å². The van der Waals surface area contributed by atoms with Crippen LogP contribution in [0.1, 0.15) is 69.5 Å². The molecule has 86 heavy (non-hydrogen) atoms. The van der Waals surface area contributed by atoms with Crippen LogP contribution in [0.3, 0.4) is 0 Å². The van der Waals surface area contributed by atoms with E-state index in [1.165, 1.54) is 30.3 Å². The topological polar surface area (TPSA) is 284 Å². The number of benzene rings is 5. The molecule has 2 saturated heterocycles. The van der Waals surface area contributed by atoms with Crippen LogP contribution in [-0.2, 0) is 43.8 Å². The Bertz CT molecular complexity index is 3320. The zero-order chi connectivity index (χ0) is 61.1. The molecule has 6 N–H and O–H groups in total. The minimum atomic E-state index is -2.61. The number of anilines is 5. The molecule has 2 amide bonds. The lowest BCUT2D eigenvalue weighted by molar-refractivity contribution is -0.138. The van der Waals surface area contributed by atoms with Gasteiger partial charge in [0, 0.05) is 90.6 Å². The second-order valence-corrected chi connectivity index (χ2v) is 26.8. The molecule has 0 aliphatic carbocycles. The van der Waals surface area contributed by atoms with Crippen molar-refractivity contribution >= 4 is 100 Å². The molecule has 0 aromatic heterocycles. The number of carbonyl (C=O) groups is 7. The van der Waals surface area contributed by atoms with Crippen LogP contribution in [0.5, 0.6) is 11.5 Å². The summed E-state index contributed by atoms with van der Waals surface area (Å²) >= 11 is 5.76. The van der Waals surface area contributed by atoms with Crippen molar-refractivity contribution in [3.8, 4) is 11.5 Å². The predicted molar refractivity (Wildman–Crippen MR) is 325 cm³/mol. The minimum absolute atomic E-state index is 0.0295. The van der Waals surface area contributed by atoms with Gasteiger partial charge < -0.3 is 74.3 Å². The van der Waals surface area contributed by atoms with Crippen molar-refractivity contribution in [2.24, 2.45) is 5.92 Å². The Labute approximate surface area is 503 Å². The number of fused-ring (bicyclic) bond motifs is 6. The van der Waals surface area contributed by atoms with Gasteiger partial charge in [-0.1, -0.05) is 50.2 Å². The number of aliphatic carboxylic acids is 4. The summed E-state index contributed by atoms with van der Waals surface area (Å²) in [6.45, 7) is 6.21. The molecule has 5 aromatic carbocycles. The summed E-state index contributed by atoms with van der Waals surface area (Å²) in [6.07, 6.45) is 5.21. The fourth-order valence-electron chi connectivity index (χ4n) is 11.4. The summed E-state index contributed by atoms with van der Waals surface area (Å²) in [6, 6.07) is 28.3. The molecular formula is C62H71ClN6O16Si. The van der Waals surface area contributed by atoms with Crippen LogP contribution >= 0.6 is 11.6 Å². The second kappa shape index (κ2) is 27.8. The standard InChI is InChI=1S/C62H71ClN6O16Si/c1-86(2)53-32-43(66-22-9-23-66)14-17-46(53)62(48-30-40(12-16-45(48)61(80)85-62)59(78)64-21-25-82-27-26-81-24-8-4-3-7-20-63)47-18-15-44(33-54(47)86)67-34-41(35-67)60(79)65-42-13-19-50(69(38-57(74)75)39-58(76)77)52(31-42)84-29-28-83-51-11-6-5-10-49(51)68(36-55(70)71)37-56(72)73/h5-6,10-19,30-33,41H,3-4,7-9,20-29,34-39H2,1-2H3,(H,64,78)(H,65,79)(H,70,71)(H,72,73)(H,74,75)(H,76,77). The molecule has 2 fully saturated rings. The predicted octanol–water partition coefficient (Wildman–Crippen LogP) is 5.54. The zero-order valence-electron chi connectivity index (χ0n) is 48.0. The number of halogens is 1. The number of amides is 2. The quantitative estimate of drug-likeness (QED) is 0.0133. The Morgan fingerprint density at radius 1 is 0.640 bits per heavy atom. The Kier molecular flexibility index (Phi) is 20.1. The smallest absolute Gasteiger partial charge is 0.340 e. The highest BCUT2D eigenvalue weighted by molar-refractivity contribution is 7.01. The fraction of sp³-hybridized carbons (Fsp3) is 0.403. The summed E-state index contributed by atoms with van der Waals surface area (Å²) in [7, 11) is -2.61. The first-order chi connectivity index (χ1) is 41.4. The number of rotatable bonds is 32. The Morgan fingerprint density at radius 3 is 1.83 bits per heavy atom. The molecule has 0 saturated carbocycles. The Hall–Kier alpha value is -8.38. The summed E-state index contributed by atoms with van der Waals surface area (Å²) in [5.74, 6) is -5.87. The van der Waals surface area contributed by atoms with Gasteiger partial charge in [0.15, 0.2) is 5.60 Å². The molecule has 24 heteroatoms. The van der Waals surface area contributed by atoms with Crippen LogP contribution in [-0.4, -0.2) is 175 Å². The molecule has 22 nitrogen and oxygen atoms in total. The third kappa shape index (κ3) is 14.1. The van der Waals surface area contributed by atoms with Crippen LogP contribution in [0, 0.1) is 5.92 Å². The fourth-order valence-corrected chi connectivity index (χ4v) is 14.8. The van der Waals surface area contributed by atoms with Crippen LogP contribution in [0.2, 0.25) is 13.1 Å². The van der Waals surface area contributed by atoms with Crippen LogP contribution in [0.15, 0.2) is 97.1 Å². The highest BCUT2D eigenvalue weighted by atomic mass is 35.5. The molecule has 4 aliphatic heterocycles. The maximum atomic E-state index is 14.1. The average molecular weight is 1220 g/mol. The maximum absolute atomic E-state index is 14.1. The number of alkyl halides is 1. The first-order valence-corrected chi connectivity index (χ1v) is 32.3. The number of hydrogen-bond donors (Lipinski definition) is 6. The Morgan fingerprint density at radius 2 is 1.22 bits per heavy atom. The maximum Gasteiger partial charge on any atom is 0.340 e.